The molecule has 0 spiro atoms. The van der Waals surface area contributed by atoms with E-state index in [1.165, 1.54) is 12.4 Å². The van der Waals surface area contributed by atoms with E-state index in [9.17, 15) is 10.1 Å². The minimum Gasteiger partial charge on any atom is -0.332 e. The number of hydrogen-bond donors (Lipinski definition) is 1. The number of aromatic nitrogens is 2. The van der Waals surface area contributed by atoms with Gasteiger partial charge in [0.2, 0.25) is 0 Å². The molecule has 2 rings (SSSR count). The van der Waals surface area contributed by atoms with Crippen LogP contribution in [0.2, 0.25) is 5.15 Å². The molecule has 0 bridgehead atoms. The SMILES string of the molecule is N#CC1(NC(=O)c2cncc(Cl)n2)CCCCC1. The summed E-state index contributed by atoms with van der Waals surface area (Å²) in [5, 5.41) is 12.2. The lowest BCUT2D eigenvalue weighted by molar-refractivity contribution is 0.0897. The Balaban J connectivity index is 2.13. The molecule has 18 heavy (non-hydrogen) atoms. The predicted molar refractivity (Wildman–Crippen MR) is 65.9 cm³/mol. The third-order valence-electron chi connectivity index (χ3n) is 3.11. The number of hydrogen-bond acceptors (Lipinski definition) is 4. The largest absolute Gasteiger partial charge is 0.332 e. The molecule has 1 fully saturated rings. The summed E-state index contributed by atoms with van der Waals surface area (Å²) in [6.07, 6.45) is 7.08. The van der Waals surface area contributed by atoms with Gasteiger partial charge >= 0.3 is 0 Å². The first kappa shape index (κ1) is 12.8. The van der Waals surface area contributed by atoms with E-state index >= 15 is 0 Å². The molecule has 0 atom stereocenters. The Morgan fingerprint density at radius 2 is 2.11 bits per heavy atom. The second-order valence-corrected chi connectivity index (χ2v) is 4.82. The minimum absolute atomic E-state index is 0.141. The lowest BCUT2D eigenvalue weighted by Gasteiger charge is -2.31. The maximum atomic E-state index is 12.0. The van der Waals surface area contributed by atoms with Crippen molar-refractivity contribution in [3.8, 4) is 6.07 Å². The standard InChI is InChI=1S/C12H13ClN4O/c13-10-7-15-6-9(16-10)11(18)17-12(8-14)4-2-1-3-5-12/h6-7H,1-5H2,(H,17,18). The number of nitrogens with one attached hydrogen (secondary N) is 1. The first-order valence-corrected chi connectivity index (χ1v) is 6.24. The predicted octanol–water partition coefficient (Wildman–Crippen LogP) is 2.09. The highest BCUT2D eigenvalue weighted by Gasteiger charge is 2.34. The van der Waals surface area contributed by atoms with E-state index in [1.807, 2.05) is 0 Å². The smallest absolute Gasteiger partial charge is 0.272 e. The summed E-state index contributed by atoms with van der Waals surface area (Å²) in [5.74, 6) is -0.395. The molecule has 94 valence electrons. The molecule has 0 unspecified atom stereocenters. The fraction of sp³-hybridized carbons (Fsp3) is 0.500. The summed E-state index contributed by atoms with van der Waals surface area (Å²) in [5.41, 5.74) is -0.623. The Bertz CT molecular complexity index is 491. The normalized spacial score (nSPS) is 17.8. The lowest BCUT2D eigenvalue weighted by Crippen LogP contribution is -2.48. The first-order chi connectivity index (χ1) is 8.65. The summed E-state index contributed by atoms with van der Waals surface area (Å²) in [4.78, 5) is 19.7. The summed E-state index contributed by atoms with van der Waals surface area (Å²) >= 11 is 5.68. The molecule has 1 aliphatic carbocycles. The van der Waals surface area contributed by atoms with Gasteiger partial charge in [-0.3, -0.25) is 9.78 Å². The van der Waals surface area contributed by atoms with Crippen LogP contribution in [0.15, 0.2) is 12.4 Å². The number of rotatable bonds is 2. The van der Waals surface area contributed by atoms with Crippen LogP contribution in [0.1, 0.15) is 42.6 Å². The van der Waals surface area contributed by atoms with Gasteiger partial charge in [0.05, 0.1) is 18.5 Å². The van der Waals surface area contributed by atoms with Gasteiger partial charge in [0.15, 0.2) is 0 Å². The van der Waals surface area contributed by atoms with E-state index in [2.05, 4.69) is 21.4 Å². The van der Waals surface area contributed by atoms with Crippen molar-refractivity contribution in [1.29, 1.82) is 5.26 Å². The topological polar surface area (TPSA) is 78.7 Å². The van der Waals surface area contributed by atoms with Crippen LogP contribution in [0.5, 0.6) is 0 Å². The summed E-state index contributed by atoms with van der Waals surface area (Å²) in [7, 11) is 0. The molecular weight excluding hydrogens is 252 g/mol. The van der Waals surface area contributed by atoms with Gasteiger partial charge in [0, 0.05) is 0 Å². The minimum atomic E-state index is -0.765. The molecule has 0 aromatic carbocycles. The Morgan fingerprint density at radius 3 is 2.72 bits per heavy atom. The molecule has 1 N–H and O–H groups in total. The second-order valence-electron chi connectivity index (χ2n) is 4.44. The number of nitrogens with zero attached hydrogens (tertiary/aromatic N) is 3. The molecule has 5 nitrogen and oxygen atoms in total. The number of carbonyl (C=O) groups is 1. The van der Waals surface area contributed by atoms with Gasteiger partial charge in [-0.15, -0.1) is 0 Å². The molecule has 1 aromatic rings. The quantitative estimate of drug-likeness (QED) is 0.887. The summed E-state index contributed by atoms with van der Waals surface area (Å²) < 4.78 is 0. The third kappa shape index (κ3) is 2.77. The molecule has 0 aliphatic heterocycles. The van der Waals surface area contributed by atoms with Crippen molar-refractivity contribution in [2.45, 2.75) is 37.6 Å². The molecular formula is C12H13ClN4O. The van der Waals surface area contributed by atoms with E-state index in [0.717, 1.165) is 19.3 Å². The molecule has 1 aliphatic rings. The molecule has 1 aromatic heterocycles. The van der Waals surface area contributed by atoms with Crippen LogP contribution in [-0.4, -0.2) is 21.4 Å². The number of nitriles is 1. The van der Waals surface area contributed by atoms with Crippen LogP contribution in [0.25, 0.3) is 0 Å². The summed E-state index contributed by atoms with van der Waals surface area (Å²) in [6.45, 7) is 0. The van der Waals surface area contributed by atoms with Crippen LogP contribution in [0, 0.1) is 11.3 Å². The zero-order chi connectivity index (χ0) is 13.0. The van der Waals surface area contributed by atoms with Crippen molar-refractivity contribution in [2.75, 3.05) is 0 Å². The fourth-order valence-corrected chi connectivity index (χ4v) is 2.30. The Morgan fingerprint density at radius 1 is 1.39 bits per heavy atom. The van der Waals surface area contributed by atoms with E-state index in [-0.39, 0.29) is 10.8 Å². The van der Waals surface area contributed by atoms with Crippen molar-refractivity contribution in [2.24, 2.45) is 0 Å². The lowest BCUT2D eigenvalue weighted by atomic mass is 9.83. The zero-order valence-electron chi connectivity index (χ0n) is 9.82. The van der Waals surface area contributed by atoms with Crippen LogP contribution in [0.3, 0.4) is 0 Å². The average Bonchev–Trinajstić information content (AvgIpc) is 2.40. The van der Waals surface area contributed by atoms with Gasteiger partial charge in [-0.25, -0.2) is 4.98 Å². The van der Waals surface area contributed by atoms with Crippen LogP contribution < -0.4 is 5.32 Å². The fourth-order valence-electron chi connectivity index (χ4n) is 2.15. The maximum absolute atomic E-state index is 12.0. The number of amides is 1. The second kappa shape index (κ2) is 5.32. The van der Waals surface area contributed by atoms with Crippen LogP contribution in [-0.2, 0) is 0 Å². The third-order valence-corrected chi connectivity index (χ3v) is 3.29. The van der Waals surface area contributed by atoms with E-state index in [4.69, 9.17) is 11.6 Å². The average molecular weight is 265 g/mol. The monoisotopic (exact) mass is 264 g/mol. The van der Waals surface area contributed by atoms with Crippen molar-refractivity contribution in [3.05, 3.63) is 23.2 Å². The van der Waals surface area contributed by atoms with Crippen molar-refractivity contribution in [3.63, 3.8) is 0 Å². The molecule has 1 saturated carbocycles. The molecule has 0 saturated heterocycles. The zero-order valence-corrected chi connectivity index (χ0v) is 10.6. The first-order valence-electron chi connectivity index (χ1n) is 5.86. The highest BCUT2D eigenvalue weighted by molar-refractivity contribution is 6.29. The van der Waals surface area contributed by atoms with E-state index in [0.29, 0.717) is 12.8 Å². The van der Waals surface area contributed by atoms with Crippen molar-refractivity contribution >= 4 is 17.5 Å². The van der Waals surface area contributed by atoms with Gasteiger partial charge in [0.1, 0.15) is 16.4 Å². The molecule has 1 amide bonds. The molecule has 1 heterocycles. The number of carbonyl (C=O) groups excluding carboxylic acids is 1. The van der Waals surface area contributed by atoms with Crippen LogP contribution in [0.4, 0.5) is 0 Å². The van der Waals surface area contributed by atoms with Gasteiger partial charge < -0.3 is 5.32 Å². The van der Waals surface area contributed by atoms with Crippen LogP contribution >= 0.6 is 11.6 Å². The van der Waals surface area contributed by atoms with E-state index in [1.54, 1.807) is 0 Å². The highest BCUT2D eigenvalue weighted by Crippen LogP contribution is 2.27. The summed E-state index contributed by atoms with van der Waals surface area (Å²) in [6, 6.07) is 2.22. The van der Waals surface area contributed by atoms with Crippen molar-refractivity contribution < 1.29 is 4.79 Å². The van der Waals surface area contributed by atoms with E-state index < -0.39 is 11.4 Å². The Labute approximate surface area is 110 Å². The van der Waals surface area contributed by atoms with Gasteiger partial charge in [0.25, 0.3) is 5.91 Å². The Kier molecular flexibility index (Phi) is 3.78. The molecule has 6 heteroatoms. The van der Waals surface area contributed by atoms with Gasteiger partial charge in [-0.05, 0) is 12.8 Å². The number of halogens is 1. The maximum Gasteiger partial charge on any atom is 0.272 e. The van der Waals surface area contributed by atoms with Gasteiger partial charge in [-0.1, -0.05) is 30.9 Å². The highest BCUT2D eigenvalue weighted by atomic mass is 35.5. The Hall–Kier alpha value is -1.67. The van der Waals surface area contributed by atoms with Gasteiger partial charge in [-0.2, -0.15) is 5.26 Å². The van der Waals surface area contributed by atoms with Crippen molar-refractivity contribution in [1.82, 2.24) is 15.3 Å². The molecule has 0 radical (unpaired) electrons.